The number of carbonyl (C=O) groups excluding carboxylic acids is 1. The van der Waals surface area contributed by atoms with E-state index in [-0.39, 0.29) is 17.0 Å². The van der Waals surface area contributed by atoms with Gasteiger partial charge in [-0.2, -0.15) is 0 Å². The molecule has 12 heteroatoms. The van der Waals surface area contributed by atoms with Gasteiger partial charge in [-0.15, -0.1) is 16.9 Å². The molecule has 1 aromatic heterocycles. The summed E-state index contributed by atoms with van der Waals surface area (Å²) < 4.78 is 5.60. The quantitative estimate of drug-likeness (QED) is 0.442. The summed E-state index contributed by atoms with van der Waals surface area (Å²) in [5.74, 6) is -0.494. The number of hydrogen-bond acceptors (Lipinski definition) is 9. The van der Waals surface area contributed by atoms with Crippen LogP contribution in [0.4, 0.5) is 0 Å². The molecule has 1 fully saturated rings. The van der Waals surface area contributed by atoms with Crippen LogP contribution in [-0.2, 0) is 16.6 Å². The Bertz CT molecular complexity index is 730. The van der Waals surface area contributed by atoms with Gasteiger partial charge in [-0.3, -0.25) is 9.69 Å². The fourth-order valence-electron chi connectivity index (χ4n) is 2.22. The van der Waals surface area contributed by atoms with E-state index in [9.17, 15) is 14.7 Å². The standard InChI is InChI=1S/C11H12N6O3S3/c1-16-11(12-14-15-16)23-4-5-3-22-9-6(13-21-2)8(18)17(9)7(5)10(19)20/h9H,3-4H2,1-2H3,(H,19,20). The summed E-state index contributed by atoms with van der Waals surface area (Å²) in [6.07, 6.45) is 1.77. The number of fused-ring (bicyclic) bond motifs is 1. The Balaban J connectivity index is 1.84. The number of tetrazole rings is 1. The highest BCUT2D eigenvalue weighted by atomic mass is 32.2. The molecule has 1 N–H and O–H groups in total. The number of β-lactam (4-membered cyclic amide) rings is 1. The normalized spacial score (nSPS) is 22.3. The second kappa shape index (κ2) is 6.53. The van der Waals surface area contributed by atoms with E-state index in [2.05, 4.69) is 19.9 Å². The van der Waals surface area contributed by atoms with Gasteiger partial charge >= 0.3 is 5.97 Å². The van der Waals surface area contributed by atoms with E-state index in [1.54, 1.807) is 13.3 Å². The summed E-state index contributed by atoms with van der Waals surface area (Å²) in [4.78, 5) is 25.1. The SMILES string of the molecule is CSN=C1C(=O)N2C(C(=O)O)=C(CSc3nnnn3C)CSC12. The van der Waals surface area contributed by atoms with Crippen LogP contribution in [0.2, 0.25) is 0 Å². The predicted octanol–water partition coefficient (Wildman–Crippen LogP) is 0.275. The van der Waals surface area contributed by atoms with Gasteiger partial charge in [0.25, 0.3) is 5.91 Å². The zero-order chi connectivity index (χ0) is 16.6. The molecule has 23 heavy (non-hydrogen) atoms. The molecule has 0 aliphatic carbocycles. The lowest BCUT2D eigenvalue weighted by molar-refractivity contribution is -0.139. The van der Waals surface area contributed by atoms with Gasteiger partial charge in [0.2, 0.25) is 5.16 Å². The van der Waals surface area contributed by atoms with Crippen molar-refractivity contribution in [1.29, 1.82) is 0 Å². The van der Waals surface area contributed by atoms with Crippen molar-refractivity contribution in [2.24, 2.45) is 11.4 Å². The zero-order valence-corrected chi connectivity index (χ0v) is 14.6. The Labute approximate surface area is 144 Å². The first-order valence-electron chi connectivity index (χ1n) is 6.41. The molecule has 0 spiro atoms. The molecule has 0 bridgehead atoms. The second-order valence-electron chi connectivity index (χ2n) is 4.63. The smallest absolute Gasteiger partial charge is 0.352 e. The second-order valence-corrected chi connectivity index (χ2v) is 7.19. The van der Waals surface area contributed by atoms with Gasteiger partial charge in [0.05, 0.1) is 0 Å². The molecule has 0 aromatic carbocycles. The first-order chi connectivity index (χ1) is 11.0. The molecule has 0 saturated carbocycles. The van der Waals surface area contributed by atoms with Gasteiger partial charge in [0, 0.05) is 24.8 Å². The zero-order valence-electron chi connectivity index (χ0n) is 12.2. The minimum absolute atomic E-state index is 0.0569. The van der Waals surface area contributed by atoms with Crippen molar-refractivity contribution >= 4 is 53.1 Å². The Morgan fingerprint density at radius 3 is 2.96 bits per heavy atom. The molecule has 0 radical (unpaired) electrons. The summed E-state index contributed by atoms with van der Waals surface area (Å²) in [5.41, 5.74) is 1.16. The molecule has 3 rings (SSSR count). The summed E-state index contributed by atoms with van der Waals surface area (Å²) in [7, 11) is 1.71. The minimum atomic E-state index is -1.10. The van der Waals surface area contributed by atoms with Gasteiger partial charge in [-0.05, 0) is 27.9 Å². The number of amides is 1. The van der Waals surface area contributed by atoms with E-state index < -0.39 is 5.97 Å². The van der Waals surface area contributed by atoms with Crippen LogP contribution in [0.5, 0.6) is 0 Å². The van der Waals surface area contributed by atoms with Gasteiger partial charge in [0.15, 0.2) is 0 Å². The molecule has 1 amide bonds. The Morgan fingerprint density at radius 1 is 1.57 bits per heavy atom. The van der Waals surface area contributed by atoms with Gasteiger partial charge in [-0.1, -0.05) is 11.8 Å². The van der Waals surface area contributed by atoms with E-state index in [4.69, 9.17) is 0 Å². The lowest BCUT2D eigenvalue weighted by Crippen LogP contribution is -2.62. The maximum absolute atomic E-state index is 12.2. The molecular weight excluding hydrogens is 360 g/mol. The molecule has 9 nitrogen and oxygen atoms in total. The fraction of sp³-hybridized carbons (Fsp3) is 0.455. The number of carboxylic acid groups (broad SMARTS) is 1. The van der Waals surface area contributed by atoms with E-state index >= 15 is 0 Å². The van der Waals surface area contributed by atoms with Crippen LogP contribution in [0.3, 0.4) is 0 Å². The molecule has 2 aliphatic rings. The number of aryl methyl sites for hydroxylation is 1. The van der Waals surface area contributed by atoms with Crippen LogP contribution < -0.4 is 0 Å². The largest absolute Gasteiger partial charge is 0.477 e. The van der Waals surface area contributed by atoms with Crippen molar-refractivity contribution in [2.45, 2.75) is 10.5 Å². The topological polar surface area (TPSA) is 114 Å². The Kier molecular flexibility index (Phi) is 4.64. The average Bonchev–Trinajstić information content (AvgIpc) is 2.94. The first kappa shape index (κ1) is 16.3. The van der Waals surface area contributed by atoms with Gasteiger partial charge in [-0.25, -0.2) is 13.9 Å². The van der Waals surface area contributed by atoms with Crippen molar-refractivity contribution < 1.29 is 14.7 Å². The van der Waals surface area contributed by atoms with Crippen LogP contribution in [0.15, 0.2) is 20.8 Å². The molecule has 3 heterocycles. The summed E-state index contributed by atoms with van der Waals surface area (Å²) in [6, 6.07) is 0. The van der Waals surface area contributed by atoms with Crippen LogP contribution in [0.25, 0.3) is 0 Å². The first-order valence-corrected chi connectivity index (χ1v) is 9.63. The average molecular weight is 372 g/mol. The van der Waals surface area contributed by atoms with E-state index in [0.29, 0.717) is 27.9 Å². The summed E-state index contributed by atoms with van der Waals surface area (Å²) in [6.45, 7) is 0. The Hall–Kier alpha value is -1.53. The number of nitrogens with zero attached hydrogens (tertiary/aromatic N) is 6. The Morgan fingerprint density at radius 2 is 2.35 bits per heavy atom. The van der Waals surface area contributed by atoms with Crippen LogP contribution in [0, 0.1) is 0 Å². The predicted molar refractivity (Wildman–Crippen MR) is 88.2 cm³/mol. The van der Waals surface area contributed by atoms with Crippen molar-refractivity contribution in [1.82, 2.24) is 25.1 Å². The van der Waals surface area contributed by atoms with Gasteiger partial charge < -0.3 is 5.11 Å². The third-order valence-electron chi connectivity index (χ3n) is 3.25. The lowest BCUT2D eigenvalue weighted by atomic mass is 10.1. The van der Waals surface area contributed by atoms with E-state index in [0.717, 1.165) is 0 Å². The fourth-order valence-corrected chi connectivity index (χ4v) is 4.91. The molecule has 1 unspecified atom stereocenters. The van der Waals surface area contributed by atoms with E-state index in [1.165, 1.54) is 45.1 Å². The van der Waals surface area contributed by atoms with Crippen LogP contribution in [-0.4, -0.2) is 70.9 Å². The van der Waals surface area contributed by atoms with Crippen molar-refractivity contribution in [3.8, 4) is 0 Å². The number of hydrogen-bond donors (Lipinski definition) is 1. The van der Waals surface area contributed by atoms with Crippen molar-refractivity contribution in [3.05, 3.63) is 11.3 Å². The molecule has 1 atom stereocenters. The summed E-state index contributed by atoms with van der Waals surface area (Å²) in [5, 5.41) is 20.9. The summed E-state index contributed by atoms with van der Waals surface area (Å²) >= 11 is 4.04. The number of aliphatic carboxylic acids is 1. The molecule has 2 aliphatic heterocycles. The van der Waals surface area contributed by atoms with E-state index in [1.807, 2.05) is 0 Å². The molecule has 1 aromatic rings. The van der Waals surface area contributed by atoms with Crippen molar-refractivity contribution in [2.75, 3.05) is 17.8 Å². The number of aromatic nitrogens is 4. The molecule has 122 valence electrons. The number of thioether (sulfide) groups is 2. The van der Waals surface area contributed by atoms with Gasteiger partial charge in [0.1, 0.15) is 16.8 Å². The molecular formula is C11H12N6O3S3. The lowest BCUT2D eigenvalue weighted by Gasteiger charge is -2.44. The maximum atomic E-state index is 12.2. The third-order valence-corrected chi connectivity index (χ3v) is 5.99. The number of carboxylic acids is 1. The van der Waals surface area contributed by atoms with Crippen LogP contribution in [0.1, 0.15) is 0 Å². The molecule has 1 saturated heterocycles. The third kappa shape index (κ3) is 2.85. The maximum Gasteiger partial charge on any atom is 0.352 e. The van der Waals surface area contributed by atoms with Crippen LogP contribution >= 0.6 is 35.5 Å². The van der Waals surface area contributed by atoms with Crippen molar-refractivity contribution in [3.63, 3.8) is 0 Å². The number of carbonyl (C=O) groups is 2. The highest BCUT2D eigenvalue weighted by molar-refractivity contribution is 8.02. The highest BCUT2D eigenvalue weighted by Gasteiger charge is 2.51. The number of rotatable bonds is 5. The highest BCUT2D eigenvalue weighted by Crippen LogP contribution is 2.40. The minimum Gasteiger partial charge on any atom is -0.477 e. The monoisotopic (exact) mass is 372 g/mol.